The van der Waals surface area contributed by atoms with Crippen molar-refractivity contribution in [2.75, 3.05) is 6.61 Å². The molecule has 1 unspecified atom stereocenters. The van der Waals surface area contributed by atoms with Gasteiger partial charge in [-0.25, -0.2) is 13.8 Å². The third kappa shape index (κ3) is 4.62. The van der Waals surface area contributed by atoms with Crippen LogP contribution in [0.25, 0.3) is 0 Å². The Bertz CT molecular complexity index is 962. The Morgan fingerprint density at radius 2 is 2.04 bits per heavy atom. The van der Waals surface area contributed by atoms with Crippen molar-refractivity contribution in [1.29, 1.82) is 0 Å². The molecule has 5 nitrogen and oxygen atoms in total. The fraction of sp³-hybridized carbons (Fsp3) is 0.158. The minimum absolute atomic E-state index is 0.0635. The molecule has 0 saturated carbocycles. The van der Waals surface area contributed by atoms with Gasteiger partial charge in [0, 0.05) is 19.4 Å². The summed E-state index contributed by atoms with van der Waals surface area (Å²) in [6.07, 6.45) is 3.31. The number of hydrogen-bond donors (Lipinski definition) is 1. The molecule has 3 rings (SSSR count). The first-order valence-corrected chi connectivity index (χ1v) is 8.41. The Hall–Kier alpha value is -2.93. The van der Waals surface area contributed by atoms with Gasteiger partial charge < -0.3 is 14.6 Å². The molecular formula is C19H16ClF2N3O2. The topological polar surface area (TPSA) is 56.2 Å². The number of aryl methyl sites for hydroxylation is 1. The first-order chi connectivity index (χ1) is 12.9. The first-order valence-electron chi connectivity index (χ1n) is 8.04. The Balaban J connectivity index is 1.76. The van der Waals surface area contributed by atoms with E-state index in [4.69, 9.17) is 16.3 Å². The lowest BCUT2D eigenvalue weighted by atomic mass is 10.1. The number of nitrogens with zero attached hydrogens (tertiary/aromatic N) is 2. The van der Waals surface area contributed by atoms with Crippen LogP contribution in [0.5, 0.6) is 5.75 Å². The Morgan fingerprint density at radius 1 is 1.26 bits per heavy atom. The third-order valence-corrected chi connectivity index (χ3v) is 4.15. The lowest BCUT2D eigenvalue weighted by molar-refractivity contribution is -0.123. The summed E-state index contributed by atoms with van der Waals surface area (Å²) in [5.74, 6) is -0.665. The maximum Gasteiger partial charge on any atom is 0.258 e. The molecule has 0 spiro atoms. The molecule has 27 heavy (non-hydrogen) atoms. The number of carbonyl (C=O) groups is 1. The Morgan fingerprint density at radius 3 is 2.70 bits per heavy atom. The highest BCUT2D eigenvalue weighted by molar-refractivity contribution is 6.32. The zero-order valence-electron chi connectivity index (χ0n) is 14.3. The number of aromatic nitrogens is 2. The van der Waals surface area contributed by atoms with Crippen LogP contribution >= 0.6 is 11.6 Å². The minimum Gasteiger partial charge on any atom is -0.482 e. The molecule has 0 aliphatic rings. The minimum atomic E-state index is -0.666. The van der Waals surface area contributed by atoms with Crippen molar-refractivity contribution < 1.29 is 18.3 Å². The van der Waals surface area contributed by atoms with Gasteiger partial charge in [-0.15, -0.1) is 0 Å². The van der Waals surface area contributed by atoms with Crippen LogP contribution in [0.15, 0.2) is 54.9 Å². The van der Waals surface area contributed by atoms with Crippen LogP contribution in [0.3, 0.4) is 0 Å². The molecule has 1 N–H and O–H groups in total. The number of benzene rings is 2. The number of rotatable bonds is 6. The summed E-state index contributed by atoms with van der Waals surface area (Å²) >= 11 is 5.88. The molecule has 0 radical (unpaired) electrons. The lowest BCUT2D eigenvalue weighted by Gasteiger charge is -2.19. The smallest absolute Gasteiger partial charge is 0.258 e. The largest absolute Gasteiger partial charge is 0.482 e. The van der Waals surface area contributed by atoms with Crippen LogP contribution in [0, 0.1) is 11.6 Å². The number of ether oxygens (including phenoxy) is 1. The number of halogens is 3. The molecule has 0 bridgehead atoms. The van der Waals surface area contributed by atoms with E-state index < -0.39 is 23.6 Å². The van der Waals surface area contributed by atoms with Crippen LogP contribution in [-0.2, 0) is 11.8 Å². The number of amides is 1. The van der Waals surface area contributed by atoms with E-state index in [0.717, 1.165) is 6.07 Å². The lowest BCUT2D eigenvalue weighted by Crippen LogP contribution is -2.34. The van der Waals surface area contributed by atoms with E-state index >= 15 is 0 Å². The highest BCUT2D eigenvalue weighted by atomic mass is 35.5. The van der Waals surface area contributed by atoms with Gasteiger partial charge in [-0.1, -0.05) is 23.7 Å². The summed E-state index contributed by atoms with van der Waals surface area (Å²) in [6, 6.07) is 8.86. The van der Waals surface area contributed by atoms with Gasteiger partial charge in [0.2, 0.25) is 0 Å². The fourth-order valence-electron chi connectivity index (χ4n) is 2.58. The van der Waals surface area contributed by atoms with Crippen molar-refractivity contribution >= 4 is 17.5 Å². The van der Waals surface area contributed by atoms with Crippen LogP contribution in [0.4, 0.5) is 8.78 Å². The van der Waals surface area contributed by atoms with E-state index in [1.54, 1.807) is 36.1 Å². The highest BCUT2D eigenvalue weighted by Crippen LogP contribution is 2.25. The molecule has 1 heterocycles. The van der Waals surface area contributed by atoms with E-state index in [9.17, 15) is 13.6 Å². The SMILES string of the molecule is Cn1ccnc1C(NC(=O)COc1ccc(F)cc1Cl)c1cccc(F)c1. The van der Waals surface area contributed by atoms with Crippen molar-refractivity contribution in [3.05, 3.63) is 82.9 Å². The van der Waals surface area contributed by atoms with Crippen LogP contribution in [0.1, 0.15) is 17.4 Å². The second kappa shape index (κ2) is 8.18. The average Bonchev–Trinajstić information content (AvgIpc) is 3.04. The molecule has 1 amide bonds. The van der Waals surface area contributed by atoms with Crippen LogP contribution < -0.4 is 10.1 Å². The first kappa shape index (κ1) is 18.8. The molecule has 2 aromatic carbocycles. The quantitative estimate of drug-likeness (QED) is 0.698. The van der Waals surface area contributed by atoms with Gasteiger partial charge in [-0.3, -0.25) is 4.79 Å². The zero-order chi connectivity index (χ0) is 19.4. The van der Waals surface area contributed by atoms with Gasteiger partial charge in [0.15, 0.2) is 6.61 Å². The zero-order valence-corrected chi connectivity index (χ0v) is 15.1. The highest BCUT2D eigenvalue weighted by Gasteiger charge is 2.21. The second-order valence-corrected chi connectivity index (χ2v) is 6.22. The van der Waals surface area contributed by atoms with Crippen LogP contribution in [0.2, 0.25) is 5.02 Å². The van der Waals surface area contributed by atoms with Gasteiger partial charge in [0.25, 0.3) is 5.91 Å². The van der Waals surface area contributed by atoms with Gasteiger partial charge in [0.05, 0.1) is 5.02 Å². The molecular weight excluding hydrogens is 376 g/mol. The predicted molar refractivity (Wildman–Crippen MR) is 96.5 cm³/mol. The van der Waals surface area contributed by atoms with E-state index in [-0.39, 0.29) is 17.4 Å². The molecule has 140 valence electrons. The molecule has 0 saturated heterocycles. The van der Waals surface area contributed by atoms with Crippen LogP contribution in [-0.4, -0.2) is 22.1 Å². The summed E-state index contributed by atoms with van der Waals surface area (Å²) in [5.41, 5.74) is 0.539. The maximum absolute atomic E-state index is 13.6. The van der Waals surface area contributed by atoms with Gasteiger partial charge in [0.1, 0.15) is 29.3 Å². The number of carbonyl (C=O) groups excluding carboxylic acids is 1. The van der Waals surface area contributed by atoms with Gasteiger partial charge in [-0.05, 0) is 35.9 Å². The third-order valence-electron chi connectivity index (χ3n) is 3.86. The average molecular weight is 392 g/mol. The molecule has 8 heteroatoms. The predicted octanol–water partition coefficient (Wildman–Crippen LogP) is 3.64. The normalized spacial score (nSPS) is 11.9. The number of imidazole rings is 1. The summed E-state index contributed by atoms with van der Waals surface area (Å²) in [6.45, 7) is -0.346. The van der Waals surface area contributed by atoms with Gasteiger partial charge >= 0.3 is 0 Å². The molecule has 1 atom stereocenters. The van der Waals surface area contributed by atoms with Crippen molar-refractivity contribution in [3.8, 4) is 5.75 Å². The number of nitrogens with one attached hydrogen (secondary N) is 1. The fourth-order valence-corrected chi connectivity index (χ4v) is 2.80. The van der Waals surface area contributed by atoms with E-state index in [2.05, 4.69) is 10.3 Å². The number of hydrogen-bond acceptors (Lipinski definition) is 3. The molecule has 0 aliphatic heterocycles. The molecule has 0 aliphatic carbocycles. The molecule has 1 aromatic heterocycles. The van der Waals surface area contributed by atoms with E-state index in [1.165, 1.54) is 24.3 Å². The Labute approximate surface area is 159 Å². The summed E-state index contributed by atoms with van der Waals surface area (Å²) < 4.78 is 33.8. The monoisotopic (exact) mass is 391 g/mol. The van der Waals surface area contributed by atoms with E-state index in [0.29, 0.717) is 11.4 Å². The maximum atomic E-state index is 13.6. The summed E-state index contributed by atoms with van der Waals surface area (Å²) in [7, 11) is 1.77. The van der Waals surface area contributed by atoms with Crippen molar-refractivity contribution in [2.45, 2.75) is 6.04 Å². The Kier molecular flexibility index (Phi) is 5.71. The molecule has 3 aromatic rings. The van der Waals surface area contributed by atoms with Crippen molar-refractivity contribution in [1.82, 2.24) is 14.9 Å². The second-order valence-electron chi connectivity index (χ2n) is 5.82. The molecule has 0 fully saturated rings. The van der Waals surface area contributed by atoms with Crippen molar-refractivity contribution in [3.63, 3.8) is 0 Å². The van der Waals surface area contributed by atoms with E-state index in [1.807, 2.05) is 0 Å². The standard InChI is InChI=1S/C19H16ClF2N3O2/c1-25-8-7-23-19(25)18(12-3-2-4-13(21)9-12)24-17(26)11-27-16-6-5-14(22)10-15(16)20/h2-10,18H,11H2,1H3,(H,24,26). The van der Waals surface area contributed by atoms with Crippen molar-refractivity contribution in [2.24, 2.45) is 7.05 Å². The summed E-state index contributed by atoms with van der Waals surface area (Å²) in [5, 5.41) is 2.84. The summed E-state index contributed by atoms with van der Waals surface area (Å²) in [4.78, 5) is 16.6. The van der Waals surface area contributed by atoms with Gasteiger partial charge in [-0.2, -0.15) is 0 Å².